The van der Waals surface area contributed by atoms with Crippen LogP contribution < -0.4 is 4.74 Å². The Morgan fingerprint density at radius 1 is 1.00 bits per heavy atom. The summed E-state index contributed by atoms with van der Waals surface area (Å²) in [5.74, 6) is -0.722. The van der Waals surface area contributed by atoms with E-state index in [1.54, 1.807) is 0 Å². The molecular formula is C15H20O4. The van der Waals surface area contributed by atoms with Crippen molar-refractivity contribution in [1.29, 1.82) is 0 Å². The predicted octanol–water partition coefficient (Wildman–Crippen LogP) is 2.86. The molecule has 1 aromatic rings. The van der Waals surface area contributed by atoms with E-state index in [1.807, 2.05) is 27.7 Å². The van der Waals surface area contributed by atoms with Gasteiger partial charge in [-0.3, -0.25) is 9.59 Å². The summed E-state index contributed by atoms with van der Waals surface area (Å²) in [7, 11) is 0. The first-order valence-corrected chi connectivity index (χ1v) is 6.25. The van der Waals surface area contributed by atoms with Gasteiger partial charge in [0.1, 0.15) is 5.75 Å². The molecule has 0 spiro atoms. The standard InChI is InChI=1S/C15H20O4/c1-8-9(2)11(4)15(19-12(5)16)13(10(8)3)6-7-14(17)18/h6-7H2,1-5H3,(H,17,18). The topological polar surface area (TPSA) is 63.6 Å². The summed E-state index contributed by atoms with van der Waals surface area (Å²) in [4.78, 5) is 22.0. The molecule has 0 heterocycles. The second-order valence-corrected chi connectivity index (χ2v) is 4.80. The lowest BCUT2D eigenvalue weighted by molar-refractivity contribution is -0.137. The molecule has 1 rings (SSSR count). The van der Waals surface area contributed by atoms with Gasteiger partial charge in [-0.1, -0.05) is 0 Å². The van der Waals surface area contributed by atoms with Gasteiger partial charge in [0, 0.05) is 13.3 Å². The molecule has 4 nitrogen and oxygen atoms in total. The third kappa shape index (κ3) is 3.34. The summed E-state index contributed by atoms with van der Waals surface area (Å²) in [5.41, 5.74) is 4.92. The van der Waals surface area contributed by atoms with Crippen molar-refractivity contribution in [1.82, 2.24) is 0 Å². The molecule has 0 aromatic heterocycles. The van der Waals surface area contributed by atoms with Crippen LogP contribution in [0.2, 0.25) is 0 Å². The largest absolute Gasteiger partial charge is 0.481 e. The molecule has 0 saturated heterocycles. The lowest BCUT2D eigenvalue weighted by atomic mass is 9.91. The van der Waals surface area contributed by atoms with Crippen molar-refractivity contribution in [3.8, 4) is 5.75 Å². The Balaban J connectivity index is 3.38. The molecule has 0 aliphatic carbocycles. The van der Waals surface area contributed by atoms with Crippen LogP contribution in [0.3, 0.4) is 0 Å². The molecule has 0 aliphatic rings. The number of rotatable bonds is 4. The van der Waals surface area contributed by atoms with Gasteiger partial charge in [-0.15, -0.1) is 0 Å². The van der Waals surface area contributed by atoms with Crippen LogP contribution >= 0.6 is 0 Å². The van der Waals surface area contributed by atoms with Crippen LogP contribution in [-0.2, 0) is 16.0 Å². The molecule has 1 aromatic carbocycles. The van der Waals surface area contributed by atoms with Gasteiger partial charge in [-0.05, 0) is 61.9 Å². The molecule has 0 unspecified atom stereocenters. The lowest BCUT2D eigenvalue weighted by Crippen LogP contribution is -2.10. The molecular weight excluding hydrogens is 244 g/mol. The average Bonchev–Trinajstić information content (AvgIpc) is 2.32. The summed E-state index contributed by atoms with van der Waals surface area (Å²) in [6.45, 7) is 9.16. The van der Waals surface area contributed by atoms with Gasteiger partial charge in [-0.25, -0.2) is 0 Å². The van der Waals surface area contributed by atoms with Gasteiger partial charge in [0.2, 0.25) is 0 Å². The fourth-order valence-corrected chi connectivity index (χ4v) is 2.17. The second kappa shape index (κ2) is 5.87. The Kier molecular flexibility index (Phi) is 4.70. The quantitative estimate of drug-likeness (QED) is 0.671. The molecule has 0 aliphatic heterocycles. The van der Waals surface area contributed by atoms with Gasteiger partial charge in [0.05, 0.1) is 0 Å². The molecule has 0 amide bonds. The summed E-state index contributed by atoms with van der Waals surface area (Å²) in [6.07, 6.45) is 0.392. The highest BCUT2D eigenvalue weighted by Crippen LogP contribution is 2.33. The van der Waals surface area contributed by atoms with Crippen LogP contribution in [0.15, 0.2) is 0 Å². The normalized spacial score (nSPS) is 10.4. The molecule has 19 heavy (non-hydrogen) atoms. The van der Waals surface area contributed by atoms with Crippen molar-refractivity contribution < 1.29 is 19.4 Å². The number of carboxylic acids is 1. The smallest absolute Gasteiger partial charge is 0.308 e. The molecule has 0 bridgehead atoms. The highest BCUT2D eigenvalue weighted by Gasteiger charge is 2.18. The van der Waals surface area contributed by atoms with Crippen LogP contribution in [0.1, 0.15) is 41.2 Å². The first-order chi connectivity index (χ1) is 8.75. The van der Waals surface area contributed by atoms with E-state index in [-0.39, 0.29) is 12.4 Å². The number of hydrogen-bond acceptors (Lipinski definition) is 3. The second-order valence-electron chi connectivity index (χ2n) is 4.80. The zero-order valence-corrected chi connectivity index (χ0v) is 12.1. The molecule has 0 saturated carbocycles. The zero-order valence-electron chi connectivity index (χ0n) is 12.1. The molecule has 104 valence electrons. The molecule has 0 atom stereocenters. The van der Waals surface area contributed by atoms with Gasteiger partial charge < -0.3 is 9.84 Å². The Morgan fingerprint density at radius 3 is 2.00 bits per heavy atom. The minimum atomic E-state index is -0.857. The Labute approximate surface area is 113 Å². The number of hydrogen-bond donors (Lipinski definition) is 1. The summed E-state index contributed by atoms with van der Waals surface area (Å²) in [6, 6.07) is 0. The Bertz CT molecular complexity index is 530. The van der Waals surface area contributed by atoms with Crippen molar-refractivity contribution in [2.24, 2.45) is 0 Å². The van der Waals surface area contributed by atoms with Crippen molar-refractivity contribution in [3.05, 3.63) is 27.8 Å². The zero-order chi connectivity index (χ0) is 14.7. The predicted molar refractivity (Wildman–Crippen MR) is 72.7 cm³/mol. The van der Waals surface area contributed by atoms with Crippen LogP contribution in [0, 0.1) is 27.7 Å². The van der Waals surface area contributed by atoms with Crippen molar-refractivity contribution in [2.45, 2.75) is 47.5 Å². The molecule has 1 N–H and O–H groups in total. The third-order valence-corrected chi connectivity index (χ3v) is 3.59. The first kappa shape index (κ1) is 15.2. The summed E-state index contributed by atoms with van der Waals surface area (Å²) < 4.78 is 5.29. The number of carboxylic acid groups (broad SMARTS) is 1. The van der Waals surface area contributed by atoms with Gasteiger partial charge >= 0.3 is 11.9 Å². The average molecular weight is 264 g/mol. The van der Waals surface area contributed by atoms with Crippen LogP contribution in [-0.4, -0.2) is 17.0 Å². The van der Waals surface area contributed by atoms with E-state index in [4.69, 9.17) is 9.84 Å². The maximum atomic E-state index is 11.2. The van der Waals surface area contributed by atoms with E-state index in [2.05, 4.69) is 0 Å². The van der Waals surface area contributed by atoms with Crippen LogP contribution in [0.5, 0.6) is 5.75 Å². The summed E-state index contributed by atoms with van der Waals surface area (Å²) in [5, 5.41) is 8.82. The first-order valence-electron chi connectivity index (χ1n) is 6.25. The van der Waals surface area contributed by atoms with Crippen molar-refractivity contribution in [2.75, 3.05) is 0 Å². The van der Waals surface area contributed by atoms with E-state index in [1.165, 1.54) is 6.92 Å². The number of carbonyl (C=O) groups is 2. The fraction of sp³-hybridized carbons (Fsp3) is 0.467. The van der Waals surface area contributed by atoms with Crippen molar-refractivity contribution >= 4 is 11.9 Å². The van der Waals surface area contributed by atoms with Gasteiger partial charge in [0.15, 0.2) is 0 Å². The highest BCUT2D eigenvalue weighted by atomic mass is 16.5. The number of carbonyl (C=O) groups excluding carboxylic acids is 1. The van der Waals surface area contributed by atoms with E-state index in [0.717, 1.165) is 27.8 Å². The Hall–Kier alpha value is -1.84. The van der Waals surface area contributed by atoms with Crippen molar-refractivity contribution in [3.63, 3.8) is 0 Å². The van der Waals surface area contributed by atoms with E-state index in [9.17, 15) is 9.59 Å². The van der Waals surface area contributed by atoms with E-state index < -0.39 is 5.97 Å². The van der Waals surface area contributed by atoms with Crippen LogP contribution in [0.4, 0.5) is 0 Å². The van der Waals surface area contributed by atoms with E-state index >= 15 is 0 Å². The van der Waals surface area contributed by atoms with Crippen LogP contribution in [0.25, 0.3) is 0 Å². The Morgan fingerprint density at radius 2 is 1.53 bits per heavy atom. The lowest BCUT2D eigenvalue weighted by Gasteiger charge is -2.19. The molecule has 0 radical (unpaired) electrons. The van der Waals surface area contributed by atoms with Gasteiger partial charge in [-0.2, -0.15) is 0 Å². The van der Waals surface area contributed by atoms with Gasteiger partial charge in [0.25, 0.3) is 0 Å². The number of aliphatic carboxylic acids is 1. The maximum absolute atomic E-state index is 11.2. The molecule has 0 fully saturated rings. The number of esters is 1. The molecule has 4 heteroatoms. The highest BCUT2D eigenvalue weighted by molar-refractivity contribution is 5.72. The maximum Gasteiger partial charge on any atom is 0.308 e. The third-order valence-electron chi connectivity index (χ3n) is 3.59. The SMILES string of the molecule is CC(=O)Oc1c(C)c(C)c(C)c(C)c1CCC(=O)O. The minimum absolute atomic E-state index is 0.0248. The van der Waals surface area contributed by atoms with E-state index in [0.29, 0.717) is 12.2 Å². The monoisotopic (exact) mass is 264 g/mol. The number of ether oxygens (including phenoxy) is 1. The summed E-state index contributed by atoms with van der Waals surface area (Å²) >= 11 is 0. The fourth-order valence-electron chi connectivity index (χ4n) is 2.17. The number of benzene rings is 1. The minimum Gasteiger partial charge on any atom is -0.481 e.